The predicted octanol–water partition coefficient (Wildman–Crippen LogP) is 2.50. The predicted molar refractivity (Wildman–Crippen MR) is 47.8 cm³/mol. The van der Waals surface area contributed by atoms with E-state index in [9.17, 15) is 39.2 Å². The Morgan fingerprint density at radius 1 is 1.00 bits per heavy atom. The first-order valence-corrected chi connectivity index (χ1v) is 6.11. The average molecular weight is 305 g/mol. The molecule has 0 unspecified atom stereocenters. The molecule has 0 aliphatic heterocycles. The van der Waals surface area contributed by atoms with E-state index in [2.05, 4.69) is 0 Å². The highest BCUT2D eigenvalue weighted by atomic mass is 32.2. The Morgan fingerprint density at radius 3 is 1.78 bits per heavy atom. The fourth-order valence-electron chi connectivity index (χ4n) is 0.808. The maximum absolute atomic E-state index is 12.8. The molecule has 1 N–H and O–H groups in total. The van der Waals surface area contributed by atoms with Crippen LogP contribution in [0.3, 0.4) is 0 Å². The molecule has 11 heteroatoms. The summed E-state index contributed by atoms with van der Waals surface area (Å²) in [6.07, 6.45) is -6.31. The zero-order valence-corrected chi connectivity index (χ0v) is 9.81. The summed E-state index contributed by atoms with van der Waals surface area (Å²) in [6, 6.07) is 0. The molecular weight excluding hydrogens is 295 g/mol. The van der Waals surface area contributed by atoms with Gasteiger partial charge in [0.25, 0.3) is 10.0 Å². The van der Waals surface area contributed by atoms with E-state index in [4.69, 9.17) is 0 Å². The quantitative estimate of drug-likeness (QED) is 0.605. The average Bonchev–Trinajstić information content (AvgIpc) is 2.15. The molecule has 0 heterocycles. The van der Waals surface area contributed by atoms with Gasteiger partial charge in [0.15, 0.2) is 0 Å². The van der Waals surface area contributed by atoms with Crippen molar-refractivity contribution >= 4 is 10.0 Å². The van der Waals surface area contributed by atoms with E-state index in [1.807, 2.05) is 0 Å². The molecule has 0 radical (unpaired) electrons. The Balaban J connectivity index is 5.25. The molecule has 3 nitrogen and oxygen atoms in total. The van der Waals surface area contributed by atoms with Gasteiger partial charge in [-0.15, -0.1) is 0 Å². The number of rotatable bonds is 6. The van der Waals surface area contributed by atoms with Gasteiger partial charge in [0.2, 0.25) is 0 Å². The second kappa shape index (κ2) is 5.19. The van der Waals surface area contributed by atoms with Gasteiger partial charge in [-0.3, -0.25) is 0 Å². The number of hydrogen-bond donors (Lipinski definition) is 1. The van der Waals surface area contributed by atoms with E-state index in [0.717, 1.165) is 4.72 Å². The van der Waals surface area contributed by atoms with E-state index in [0.29, 0.717) is 6.42 Å². The number of hydrogen-bond acceptors (Lipinski definition) is 2. The molecule has 0 aliphatic carbocycles. The maximum atomic E-state index is 12.8. The molecule has 110 valence electrons. The normalized spacial score (nSPS) is 14.9. The van der Waals surface area contributed by atoms with Gasteiger partial charge in [-0.05, 0) is 6.42 Å². The third-order valence-corrected chi connectivity index (χ3v) is 3.40. The number of alkyl halides is 7. The van der Waals surface area contributed by atoms with Crippen LogP contribution in [0.2, 0.25) is 0 Å². The summed E-state index contributed by atoms with van der Waals surface area (Å²) in [5, 5.41) is -6.27. The molecule has 0 aromatic rings. The third kappa shape index (κ3) is 3.05. The second-order valence-corrected chi connectivity index (χ2v) is 5.15. The summed E-state index contributed by atoms with van der Waals surface area (Å²) in [6.45, 7) is 0.888. The molecule has 0 aromatic heterocycles. The van der Waals surface area contributed by atoms with Crippen molar-refractivity contribution < 1.29 is 39.2 Å². The van der Waals surface area contributed by atoms with E-state index < -0.39 is 33.9 Å². The lowest BCUT2D eigenvalue weighted by atomic mass is 10.3. The number of nitrogens with one attached hydrogen (secondary N) is 1. The molecule has 0 amide bonds. The minimum absolute atomic E-state index is 0.0207. The maximum Gasteiger partial charge on any atom is 0.461 e. The van der Waals surface area contributed by atoms with Crippen LogP contribution in [0.4, 0.5) is 30.7 Å². The Bertz CT molecular complexity index is 376. The first kappa shape index (κ1) is 17.4. The van der Waals surface area contributed by atoms with E-state index in [-0.39, 0.29) is 6.42 Å². The first-order chi connectivity index (χ1) is 7.81. The van der Waals surface area contributed by atoms with E-state index in [1.54, 1.807) is 0 Å². The van der Waals surface area contributed by atoms with Crippen LogP contribution in [0.15, 0.2) is 0 Å². The lowest BCUT2D eigenvalue weighted by Gasteiger charge is -2.27. The first-order valence-electron chi connectivity index (χ1n) is 4.63. The molecule has 18 heavy (non-hydrogen) atoms. The molecule has 0 aliphatic rings. The molecule has 0 atom stereocenters. The van der Waals surface area contributed by atoms with Gasteiger partial charge in [-0.25, -0.2) is 13.1 Å². The van der Waals surface area contributed by atoms with Crippen molar-refractivity contribution in [3.05, 3.63) is 0 Å². The summed E-state index contributed by atoms with van der Waals surface area (Å²) < 4.78 is 108. The van der Waals surface area contributed by atoms with Crippen molar-refractivity contribution in [3.63, 3.8) is 0 Å². The Labute approximate surface area is 98.4 Å². The van der Waals surface area contributed by atoms with Crippen molar-refractivity contribution in [2.75, 3.05) is 6.54 Å². The fraction of sp³-hybridized carbons (Fsp3) is 1.00. The van der Waals surface area contributed by atoms with Crippen LogP contribution < -0.4 is 4.72 Å². The van der Waals surface area contributed by atoms with Gasteiger partial charge < -0.3 is 0 Å². The minimum atomic E-state index is -6.67. The lowest BCUT2D eigenvalue weighted by molar-refractivity contribution is -0.332. The Kier molecular flexibility index (Phi) is 5.03. The molecular formula is C7H10F7NO2S. The van der Waals surface area contributed by atoms with Crippen LogP contribution in [0.25, 0.3) is 0 Å². The third-order valence-electron chi connectivity index (χ3n) is 1.88. The highest BCUT2D eigenvalue weighted by molar-refractivity contribution is 7.90. The molecule has 0 aromatic carbocycles. The summed E-state index contributed by atoms with van der Waals surface area (Å²) in [7, 11) is -6.13. The second-order valence-electron chi connectivity index (χ2n) is 3.34. The van der Waals surface area contributed by atoms with Crippen LogP contribution >= 0.6 is 0 Å². The van der Waals surface area contributed by atoms with Gasteiger partial charge in [-0.1, -0.05) is 13.3 Å². The molecule has 0 saturated heterocycles. The van der Waals surface area contributed by atoms with E-state index >= 15 is 0 Å². The molecule has 0 spiro atoms. The molecule has 0 rings (SSSR count). The monoisotopic (exact) mass is 305 g/mol. The van der Waals surface area contributed by atoms with Crippen molar-refractivity contribution in [3.8, 4) is 0 Å². The SMILES string of the molecule is CCCCNS(=O)(=O)C(F)(F)C(F)(F)C(F)(F)F. The van der Waals surface area contributed by atoms with Crippen molar-refractivity contribution in [1.82, 2.24) is 4.72 Å². The lowest BCUT2D eigenvalue weighted by Crippen LogP contribution is -2.59. The van der Waals surface area contributed by atoms with Crippen LogP contribution in [-0.4, -0.2) is 32.3 Å². The van der Waals surface area contributed by atoms with Crippen LogP contribution in [-0.2, 0) is 10.0 Å². The molecule has 0 fully saturated rings. The zero-order valence-electron chi connectivity index (χ0n) is 8.99. The molecule has 0 saturated carbocycles. The van der Waals surface area contributed by atoms with Gasteiger partial charge in [0, 0.05) is 6.54 Å². The topological polar surface area (TPSA) is 46.2 Å². The van der Waals surface area contributed by atoms with Gasteiger partial charge in [-0.2, -0.15) is 30.7 Å². The van der Waals surface area contributed by atoms with Crippen LogP contribution in [0.5, 0.6) is 0 Å². The van der Waals surface area contributed by atoms with Gasteiger partial charge in [0.05, 0.1) is 0 Å². The standard InChI is InChI=1S/C7H10F7NO2S/c1-2-3-4-15-18(16,17)7(13,14)5(8,9)6(10,11)12/h15H,2-4H2,1H3. The van der Waals surface area contributed by atoms with Crippen LogP contribution in [0, 0.1) is 0 Å². The van der Waals surface area contributed by atoms with Crippen molar-refractivity contribution in [1.29, 1.82) is 0 Å². The highest BCUT2D eigenvalue weighted by Crippen LogP contribution is 2.48. The fourth-order valence-corrected chi connectivity index (χ4v) is 1.86. The summed E-state index contributed by atoms with van der Waals surface area (Å²) in [5.74, 6) is -6.67. The molecule has 0 bridgehead atoms. The zero-order chi connectivity index (χ0) is 14.8. The van der Waals surface area contributed by atoms with Crippen molar-refractivity contribution in [2.45, 2.75) is 37.1 Å². The Hall–Kier alpha value is -0.580. The van der Waals surface area contributed by atoms with Crippen molar-refractivity contribution in [2.24, 2.45) is 0 Å². The largest absolute Gasteiger partial charge is 0.461 e. The van der Waals surface area contributed by atoms with Gasteiger partial charge >= 0.3 is 17.4 Å². The highest BCUT2D eigenvalue weighted by Gasteiger charge is 2.78. The summed E-state index contributed by atoms with van der Waals surface area (Å²) in [4.78, 5) is 0. The smallest absolute Gasteiger partial charge is 0.210 e. The summed E-state index contributed by atoms with van der Waals surface area (Å²) in [5.41, 5.74) is 0. The summed E-state index contributed by atoms with van der Waals surface area (Å²) >= 11 is 0. The number of unbranched alkanes of at least 4 members (excludes halogenated alkanes) is 1. The van der Waals surface area contributed by atoms with Gasteiger partial charge in [0.1, 0.15) is 0 Å². The van der Waals surface area contributed by atoms with Crippen LogP contribution in [0.1, 0.15) is 19.8 Å². The Morgan fingerprint density at radius 2 is 1.44 bits per heavy atom. The minimum Gasteiger partial charge on any atom is -0.210 e. The number of sulfonamides is 1. The number of halogens is 7. The van der Waals surface area contributed by atoms with E-state index in [1.165, 1.54) is 6.92 Å².